The molecule has 2 rings (SSSR count). The van der Waals surface area contributed by atoms with Gasteiger partial charge >= 0.3 is 0 Å². The Labute approximate surface area is 169 Å². The zero-order valence-corrected chi connectivity index (χ0v) is 18.3. The molecule has 25 heavy (non-hydrogen) atoms. The number of carbonyl (C=O) groups excluding carboxylic acids is 1. The molecule has 8 heteroatoms. The van der Waals surface area contributed by atoms with E-state index in [0.717, 1.165) is 58.2 Å². The summed E-state index contributed by atoms with van der Waals surface area (Å²) in [7, 11) is 3.62. The summed E-state index contributed by atoms with van der Waals surface area (Å²) in [5, 5.41) is 6.88. The number of ether oxygens (including phenoxy) is 1. The fourth-order valence-electron chi connectivity index (χ4n) is 2.89. The van der Waals surface area contributed by atoms with E-state index in [9.17, 15) is 4.79 Å². The summed E-state index contributed by atoms with van der Waals surface area (Å²) in [6.45, 7) is 9.96. The van der Waals surface area contributed by atoms with Crippen LogP contribution < -0.4 is 10.6 Å². The minimum Gasteiger partial charge on any atom is -0.380 e. The molecule has 0 atom stereocenters. The van der Waals surface area contributed by atoms with Crippen molar-refractivity contribution >= 4 is 35.8 Å². The number of hydrogen-bond acceptors (Lipinski definition) is 4. The highest BCUT2D eigenvalue weighted by Gasteiger charge is 2.33. The average Bonchev–Trinajstić information content (AvgIpc) is 2.52. The Morgan fingerprint density at radius 3 is 2.44 bits per heavy atom. The Hall–Kier alpha value is -0.610. The molecule has 2 fully saturated rings. The summed E-state index contributed by atoms with van der Waals surface area (Å²) in [4.78, 5) is 20.4. The van der Waals surface area contributed by atoms with Crippen LogP contribution in [0.5, 0.6) is 0 Å². The van der Waals surface area contributed by atoms with E-state index in [-0.39, 0.29) is 35.3 Å². The molecule has 2 N–H and O–H groups in total. The van der Waals surface area contributed by atoms with E-state index in [2.05, 4.69) is 29.4 Å². The fourth-order valence-corrected chi connectivity index (χ4v) is 2.89. The fraction of sp³-hybridized carbons (Fsp3) is 0.882. The summed E-state index contributed by atoms with van der Waals surface area (Å²) in [6.07, 6.45) is 2.07. The highest BCUT2D eigenvalue weighted by molar-refractivity contribution is 14.0. The van der Waals surface area contributed by atoms with Crippen molar-refractivity contribution in [3.05, 3.63) is 0 Å². The van der Waals surface area contributed by atoms with Crippen LogP contribution in [-0.2, 0) is 9.53 Å². The Morgan fingerprint density at radius 2 is 1.96 bits per heavy atom. The van der Waals surface area contributed by atoms with Crippen molar-refractivity contribution in [2.24, 2.45) is 10.4 Å². The van der Waals surface area contributed by atoms with Crippen LogP contribution in [0.4, 0.5) is 0 Å². The van der Waals surface area contributed by atoms with Gasteiger partial charge in [-0.3, -0.25) is 14.7 Å². The van der Waals surface area contributed by atoms with Crippen molar-refractivity contribution in [1.82, 2.24) is 20.4 Å². The molecule has 2 aliphatic rings. The van der Waals surface area contributed by atoms with E-state index in [1.165, 1.54) is 0 Å². The number of nitrogens with one attached hydrogen (secondary N) is 2. The first kappa shape index (κ1) is 22.4. The van der Waals surface area contributed by atoms with E-state index in [1.807, 2.05) is 14.1 Å². The van der Waals surface area contributed by atoms with Crippen molar-refractivity contribution in [3.8, 4) is 0 Å². The van der Waals surface area contributed by atoms with Gasteiger partial charge in [-0.25, -0.2) is 0 Å². The first-order chi connectivity index (χ1) is 11.4. The Kier molecular flexibility index (Phi) is 9.44. The molecule has 0 aromatic rings. The lowest BCUT2D eigenvalue weighted by molar-refractivity contribution is -0.130. The molecule has 0 saturated carbocycles. The van der Waals surface area contributed by atoms with E-state index in [4.69, 9.17) is 9.73 Å². The quantitative estimate of drug-likeness (QED) is 0.343. The number of guanidine groups is 1. The monoisotopic (exact) mass is 467 g/mol. The highest BCUT2D eigenvalue weighted by Crippen LogP contribution is 2.26. The second kappa shape index (κ2) is 10.5. The molecule has 2 heterocycles. The number of rotatable bonds is 6. The van der Waals surface area contributed by atoms with Crippen LogP contribution in [0.15, 0.2) is 4.99 Å². The molecular formula is C17H34IN5O2. The van der Waals surface area contributed by atoms with Crippen molar-refractivity contribution in [1.29, 1.82) is 0 Å². The van der Waals surface area contributed by atoms with Crippen LogP contribution in [-0.4, -0.2) is 87.7 Å². The summed E-state index contributed by atoms with van der Waals surface area (Å²) in [5.41, 5.74) is 0.193. The van der Waals surface area contributed by atoms with Crippen LogP contribution in [0.2, 0.25) is 0 Å². The lowest BCUT2D eigenvalue weighted by atomic mass is 9.89. The molecule has 0 aromatic heterocycles. The van der Waals surface area contributed by atoms with Gasteiger partial charge in [-0.15, -0.1) is 24.0 Å². The minimum atomic E-state index is 0. The minimum absolute atomic E-state index is 0. The number of nitrogens with zero attached hydrogens (tertiary/aromatic N) is 3. The van der Waals surface area contributed by atoms with Crippen molar-refractivity contribution in [2.75, 3.05) is 60.0 Å². The highest BCUT2D eigenvalue weighted by atomic mass is 127. The molecule has 0 radical (unpaired) electrons. The molecule has 146 valence electrons. The van der Waals surface area contributed by atoms with Crippen LogP contribution in [0.1, 0.15) is 26.7 Å². The van der Waals surface area contributed by atoms with Gasteiger partial charge in [-0.1, -0.05) is 6.92 Å². The molecule has 1 amide bonds. The van der Waals surface area contributed by atoms with Gasteiger partial charge < -0.3 is 20.3 Å². The lowest BCUT2D eigenvalue weighted by Crippen LogP contribution is -2.50. The molecule has 0 unspecified atom stereocenters. The first-order valence-corrected chi connectivity index (χ1v) is 8.97. The number of amides is 1. The number of piperidine rings is 1. The molecule has 7 nitrogen and oxygen atoms in total. The Balaban J connectivity index is 0.00000312. The number of likely N-dealkylation sites (N-methyl/N-ethyl adjacent to an activating group) is 1. The Bertz CT molecular complexity index is 446. The average molecular weight is 467 g/mol. The van der Waals surface area contributed by atoms with Crippen LogP contribution in [0.25, 0.3) is 0 Å². The summed E-state index contributed by atoms with van der Waals surface area (Å²) in [5.74, 6) is 1.07. The maximum absolute atomic E-state index is 11.8. The predicted octanol–water partition coefficient (Wildman–Crippen LogP) is 0.749. The third-order valence-corrected chi connectivity index (χ3v) is 4.65. The van der Waals surface area contributed by atoms with Gasteiger partial charge in [0.05, 0.1) is 26.3 Å². The van der Waals surface area contributed by atoms with Gasteiger partial charge in [-0.05, 0) is 19.8 Å². The largest absolute Gasteiger partial charge is 0.380 e. The Morgan fingerprint density at radius 1 is 1.32 bits per heavy atom. The topological polar surface area (TPSA) is 69.2 Å². The molecular weight excluding hydrogens is 433 g/mol. The molecule has 0 bridgehead atoms. The number of hydrogen-bond donors (Lipinski definition) is 2. The molecule has 2 saturated heterocycles. The number of halogens is 1. The van der Waals surface area contributed by atoms with E-state index in [0.29, 0.717) is 12.6 Å². The summed E-state index contributed by atoms with van der Waals surface area (Å²) >= 11 is 0. The smallest absolute Gasteiger partial charge is 0.236 e. The van der Waals surface area contributed by atoms with Gasteiger partial charge in [0.15, 0.2) is 5.96 Å². The van der Waals surface area contributed by atoms with Crippen LogP contribution in [0.3, 0.4) is 0 Å². The maximum atomic E-state index is 11.8. The summed E-state index contributed by atoms with van der Waals surface area (Å²) in [6, 6.07) is 0.416. The molecule has 0 spiro atoms. The standard InChI is InChI=1S/C17H33N5O2.HI/c1-5-18-16(19-11-17(2)12-24-13-17)20-14-6-8-22(9-7-14)10-15(23)21(3)4;/h14H,5-13H2,1-4H3,(H2,18,19,20);1H. The third kappa shape index (κ3) is 7.26. The van der Waals surface area contributed by atoms with E-state index in [1.54, 1.807) is 4.90 Å². The van der Waals surface area contributed by atoms with Crippen molar-refractivity contribution in [2.45, 2.75) is 32.7 Å². The number of aliphatic imine (C=N–C) groups is 1. The second-order valence-corrected chi connectivity index (χ2v) is 7.48. The van der Waals surface area contributed by atoms with Crippen LogP contribution in [0, 0.1) is 5.41 Å². The second-order valence-electron chi connectivity index (χ2n) is 7.48. The number of likely N-dealkylation sites (tertiary alicyclic amines) is 1. The molecule has 2 aliphatic heterocycles. The van der Waals surface area contributed by atoms with Gasteiger partial charge in [0.2, 0.25) is 5.91 Å². The lowest BCUT2D eigenvalue weighted by Gasteiger charge is -2.37. The predicted molar refractivity (Wildman–Crippen MR) is 112 cm³/mol. The summed E-state index contributed by atoms with van der Waals surface area (Å²) < 4.78 is 5.29. The number of carbonyl (C=O) groups is 1. The maximum Gasteiger partial charge on any atom is 0.236 e. The van der Waals surface area contributed by atoms with Gasteiger partial charge in [0.25, 0.3) is 0 Å². The van der Waals surface area contributed by atoms with E-state index < -0.39 is 0 Å². The normalized spacial score (nSPS) is 21.0. The van der Waals surface area contributed by atoms with Gasteiger partial charge in [-0.2, -0.15) is 0 Å². The van der Waals surface area contributed by atoms with Crippen LogP contribution >= 0.6 is 24.0 Å². The third-order valence-electron chi connectivity index (χ3n) is 4.65. The van der Waals surface area contributed by atoms with E-state index >= 15 is 0 Å². The molecule has 0 aliphatic carbocycles. The zero-order chi connectivity index (χ0) is 17.6. The molecule has 0 aromatic carbocycles. The van der Waals surface area contributed by atoms with Gasteiger partial charge in [0, 0.05) is 45.2 Å². The van der Waals surface area contributed by atoms with Crippen molar-refractivity contribution in [3.63, 3.8) is 0 Å². The SMILES string of the molecule is CCNC(=NCC1(C)COC1)NC1CCN(CC(=O)N(C)C)CC1.I. The van der Waals surface area contributed by atoms with Crippen molar-refractivity contribution < 1.29 is 9.53 Å². The first-order valence-electron chi connectivity index (χ1n) is 8.97. The van der Waals surface area contributed by atoms with Gasteiger partial charge in [0.1, 0.15) is 0 Å². The zero-order valence-electron chi connectivity index (χ0n) is 16.0.